The fourth-order valence-corrected chi connectivity index (χ4v) is 2.24. The second-order valence-electron chi connectivity index (χ2n) is 5.02. The molecule has 6 heteroatoms. The maximum Gasteiger partial charge on any atom is 0.335 e. The van der Waals surface area contributed by atoms with Crippen LogP contribution in [0.25, 0.3) is 0 Å². The normalized spacial score (nSPS) is 10.7. The summed E-state index contributed by atoms with van der Waals surface area (Å²) < 4.78 is 1.84. The predicted octanol–water partition coefficient (Wildman–Crippen LogP) is 2.30. The van der Waals surface area contributed by atoms with Crippen LogP contribution in [0.15, 0.2) is 12.1 Å². The van der Waals surface area contributed by atoms with Gasteiger partial charge < -0.3 is 10.4 Å². The van der Waals surface area contributed by atoms with Crippen molar-refractivity contribution in [2.75, 3.05) is 5.32 Å². The predicted molar refractivity (Wildman–Crippen MR) is 80.6 cm³/mol. The van der Waals surface area contributed by atoms with Crippen LogP contribution in [0, 0.1) is 13.8 Å². The van der Waals surface area contributed by atoms with Crippen LogP contribution in [0.3, 0.4) is 0 Å². The lowest BCUT2D eigenvalue weighted by Crippen LogP contribution is -2.07. The van der Waals surface area contributed by atoms with Crippen LogP contribution in [0.5, 0.6) is 0 Å². The number of hydrogen-bond acceptors (Lipinski definition) is 4. The smallest absolute Gasteiger partial charge is 0.335 e. The van der Waals surface area contributed by atoms with E-state index >= 15 is 0 Å². The van der Waals surface area contributed by atoms with Gasteiger partial charge in [0.05, 0.1) is 11.3 Å². The number of pyridine rings is 1. The number of aryl methyl sites for hydroxylation is 3. The number of aromatic carboxylic acids is 1. The molecule has 2 rings (SSSR count). The minimum atomic E-state index is -0.941. The molecule has 0 fully saturated rings. The first kappa shape index (κ1) is 15.0. The van der Waals surface area contributed by atoms with Crippen molar-refractivity contribution in [1.29, 1.82) is 0 Å². The topological polar surface area (TPSA) is 80.0 Å². The Labute approximate surface area is 123 Å². The van der Waals surface area contributed by atoms with Gasteiger partial charge >= 0.3 is 5.97 Å². The molecule has 112 valence electrons. The number of nitrogens with one attached hydrogen (secondary N) is 1. The fourth-order valence-electron chi connectivity index (χ4n) is 2.24. The molecular weight excluding hydrogens is 268 g/mol. The summed E-state index contributed by atoms with van der Waals surface area (Å²) in [6.45, 7) is 6.50. The highest BCUT2D eigenvalue weighted by Gasteiger charge is 2.11. The number of rotatable bonds is 5. The summed E-state index contributed by atoms with van der Waals surface area (Å²) in [6.07, 6.45) is 0.695. The average molecular weight is 288 g/mol. The van der Waals surface area contributed by atoms with Crippen molar-refractivity contribution >= 4 is 11.8 Å². The quantitative estimate of drug-likeness (QED) is 0.882. The summed E-state index contributed by atoms with van der Waals surface area (Å²) >= 11 is 0. The second kappa shape index (κ2) is 5.95. The molecule has 0 bridgehead atoms. The van der Waals surface area contributed by atoms with Crippen molar-refractivity contribution in [2.24, 2.45) is 7.05 Å². The zero-order chi connectivity index (χ0) is 15.6. The summed E-state index contributed by atoms with van der Waals surface area (Å²) in [5.74, 6) is -0.363. The van der Waals surface area contributed by atoms with E-state index in [2.05, 4.69) is 15.4 Å². The Balaban J connectivity index is 2.23. The Bertz CT molecular complexity index is 677. The monoisotopic (exact) mass is 288 g/mol. The number of nitrogens with zero attached hydrogens (tertiary/aromatic N) is 3. The van der Waals surface area contributed by atoms with Gasteiger partial charge in [0, 0.05) is 30.5 Å². The Morgan fingerprint density at radius 3 is 2.62 bits per heavy atom. The van der Waals surface area contributed by atoms with Crippen molar-refractivity contribution in [3.8, 4) is 0 Å². The number of carboxylic acids is 1. The molecule has 2 aromatic heterocycles. The van der Waals surface area contributed by atoms with Crippen molar-refractivity contribution < 1.29 is 9.90 Å². The molecule has 0 aliphatic carbocycles. The number of anilines is 1. The minimum absolute atomic E-state index is 0.254. The number of carboxylic acid groups (broad SMARTS) is 1. The highest BCUT2D eigenvalue weighted by Crippen LogP contribution is 2.16. The molecule has 0 unspecified atom stereocenters. The van der Waals surface area contributed by atoms with Gasteiger partial charge in [-0.3, -0.25) is 4.68 Å². The van der Waals surface area contributed by atoms with Crippen LogP contribution in [0.4, 0.5) is 5.82 Å². The second-order valence-corrected chi connectivity index (χ2v) is 5.02. The zero-order valence-electron chi connectivity index (χ0n) is 12.8. The highest BCUT2D eigenvalue weighted by atomic mass is 16.4. The third-order valence-electron chi connectivity index (χ3n) is 3.59. The highest BCUT2D eigenvalue weighted by molar-refractivity contribution is 5.88. The van der Waals surface area contributed by atoms with Gasteiger partial charge in [0.2, 0.25) is 0 Å². The summed E-state index contributed by atoms with van der Waals surface area (Å²) in [4.78, 5) is 15.6. The van der Waals surface area contributed by atoms with Crippen molar-refractivity contribution in [1.82, 2.24) is 14.8 Å². The lowest BCUT2D eigenvalue weighted by atomic mass is 10.2. The third kappa shape index (κ3) is 3.21. The first-order valence-corrected chi connectivity index (χ1v) is 6.89. The van der Waals surface area contributed by atoms with Crippen molar-refractivity contribution in [2.45, 2.75) is 33.7 Å². The molecule has 0 saturated heterocycles. The molecule has 2 heterocycles. The molecule has 6 nitrogen and oxygen atoms in total. The Morgan fingerprint density at radius 1 is 1.38 bits per heavy atom. The Hall–Kier alpha value is -2.37. The van der Waals surface area contributed by atoms with E-state index in [1.165, 1.54) is 0 Å². The molecule has 0 aromatic carbocycles. The largest absolute Gasteiger partial charge is 0.478 e. The van der Waals surface area contributed by atoms with E-state index in [9.17, 15) is 4.79 Å². The van der Waals surface area contributed by atoms with Crippen LogP contribution >= 0.6 is 0 Å². The van der Waals surface area contributed by atoms with Gasteiger partial charge in [-0.15, -0.1) is 0 Å². The Morgan fingerprint density at radius 2 is 2.10 bits per heavy atom. The van der Waals surface area contributed by atoms with Gasteiger partial charge in [0.1, 0.15) is 5.82 Å². The molecule has 2 N–H and O–H groups in total. The first-order valence-electron chi connectivity index (χ1n) is 6.89. The van der Waals surface area contributed by atoms with Crippen LogP contribution in [-0.2, 0) is 20.0 Å². The molecule has 21 heavy (non-hydrogen) atoms. The van der Waals surface area contributed by atoms with E-state index in [1.807, 2.05) is 32.5 Å². The standard InChI is InChI=1S/C15H20N4O2/c1-5-12-6-11(15(20)21)7-14(17-12)16-8-13-9(2)18-19(4)10(13)3/h6-7H,5,8H2,1-4H3,(H,16,17)(H,20,21). The van der Waals surface area contributed by atoms with E-state index in [0.717, 1.165) is 22.6 Å². The van der Waals surface area contributed by atoms with Gasteiger partial charge in [-0.05, 0) is 32.4 Å². The molecule has 0 aliphatic rings. The molecule has 0 saturated carbocycles. The molecule has 2 aromatic rings. The van der Waals surface area contributed by atoms with Gasteiger partial charge in [-0.2, -0.15) is 5.10 Å². The van der Waals surface area contributed by atoms with E-state index in [4.69, 9.17) is 5.11 Å². The van der Waals surface area contributed by atoms with E-state index in [0.29, 0.717) is 18.8 Å². The van der Waals surface area contributed by atoms with E-state index < -0.39 is 5.97 Å². The average Bonchev–Trinajstić information content (AvgIpc) is 2.69. The van der Waals surface area contributed by atoms with Crippen LogP contribution < -0.4 is 5.32 Å². The number of aromatic nitrogens is 3. The minimum Gasteiger partial charge on any atom is -0.478 e. The summed E-state index contributed by atoms with van der Waals surface area (Å²) in [6, 6.07) is 3.16. The van der Waals surface area contributed by atoms with E-state index in [1.54, 1.807) is 12.1 Å². The number of carbonyl (C=O) groups is 1. The molecule has 0 radical (unpaired) electrons. The zero-order valence-corrected chi connectivity index (χ0v) is 12.8. The summed E-state index contributed by atoms with van der Waals surface area (Å²) in [5, 5.41) is 16.7. The van der Waals surface area contributed by atoms with Gasteiger partial charge in [0.15, 0.2) is 0 Å². The molecular formula is C15H20N4O2. The van der Waals surface area contributed by atoms with Crippen molar-refractivity contribution in [3.05, 3.63) is 40.3 Å². The molecule has 0 atom stereocenters. The molecule has 0 spiro atoms. The summed E-state index contributed by atoms with van der Waals surface area (Å²) in [7, 11) is 1.91. The van der Waals surface area contributed by atoms with Crippen LogP contribution in [0.2, 0.25) is 0 Å². The molecule has 0 aliphatic heterocycles. The maximum atomic E-state index is 11.1. The van der Waals surface area contributed by atoms with Gasteiger partial charge in [-0.25, -0.2) is 9.78 Å². The SMILES string of the molecule is CCc1cc(C(=O)O)cc(NCc2c(C)nn(C)c2C)n1. The van der Waals surface area contributed by atoms with E-state index in [-0.39, 0.29) is 5.56 Å². The third-order valence-corrected chi connectivity index (χ3v) is 3.59. The lowest BCUT2D eigenvalue weighted by Gasteiger charge is -2.09. The lowest BCUT2D eigenvalue weighted by molar-refractivity contribution is 0.0696. The fraction of sp³-hybridized carbons (Fsp3) is 0.400. The van der Waals surface area contributed by atoms with Crippen molar-refractivity contribution in [3.63, 3.8) is 0 Å². The van der Waals surface area contributed by atoms with Gasteiger partial charge in [0.25, 0.3) is 0 Å². The first-order chi connectivity index (χ1) is 9.92. The molecule has 0 amide bonds. The maximum absolute atomic E-state index is 11.1. The Kier molecular flexibility index (Phi) is 4.26. The van der Waals surface area contributed by atoms with Crippen LogP contribution in [0.1, 0.15) is 39.9 Å². The van der Waals surface area contributed by atoms with Crippen LogP contribution in [-0.4, -0.2) is 25.8 Å². The number of hydrogen-bond donors (Lipinski definition) is 2. The summed E-state index contributed by atoms with van der Waals surface area (Å²) in [5.41, 5.74) is 4.18. The van der Waals surface area contributed by atoms with Gasteiger partial charge in [-0.1, -0.05) is 6.92 Å².